The van der Waals surface area contributed by atoms with Gasteiger partial charge in [-0.05, 0) is 19.3 Å². The molecule has 0 bridgehead atoms. The summed E-state index contributed by atoms with van der Waals surface area (Å²) in [6.45, 7) is 17.1. The minimum Gasteiger partial charge on any atom is -0.385 e. The van der Waals surface area contributed by atoms with Crippen LogP contribution < -0.4 is 0 Å². The summed E-state index contributed by atoms with van der Waals surface area (Å²) in [6, 6.07) is 0. The van der Waals surface area contributed by atoms with Gasteiger partial charge in [-0.3, -0.25) is 0 Å². The van der Waals surface area contributed by atoms with Crippen molar-refractivity contribution in [3.63, 3.8) is 0 Å². The molecule has 1 N–H and O–H groups in total. The van der Waals surface area contributed by atoms with Crippen molar-refractivity contribution in [1.82, 2.24) is 0 Å². The average Bonchev–Trinajstić information content (AvgIpc) is 3.29. The molecule has 0 aromatic heterocycles. The zero-order valence-electron chi connectivity index (χ0n) is 43.5. The molecular weight excluding hydrogens is 827 g/mol. The molecule has 0 heterocycles. The molecule has 0 spiro atoms. The van der Waals surface area contributed by atoms with Crippen LogP contribution in [0.2, 0.25) is 0 Å². The monoisotopic (exact) mass is 937 g/mol. The summed E-state index contributed by atoms with van der Waals surface area (Å²) < 4.78 is 56.6. The highest BCUT2D eigenvalue weighted by Crippen LogP contribution is 2.15. The minimum absolute atomic E-state index is 0.341. The van der Waals surface area contributed by atoms with Crippen LogP contribution in [0.1, 0.15) is 181 Å². The molecule has 65 heavy (non-hydrogen) atoms. The summed E-state index contributed by atoms with van der Waals surface area (Å²) in [7, 11) is 4.42. The van der Waals surface area contributed by atoms with E-state index in [0.717, 1.165) is 24.1 Å². The molecule has 12 heteroatoms. The first-order chi connectivity index (χ1) is 32.0. The fourth-order valence-electron chi connectivity index (χ4n) is 7.69. The third-order valence-corrected chi connectivity index (χ3v) is 11.6. The van der Waals surface area contributed by atoms with Crippen LogP contribution in [0.15, 0.2) is 0 Å². The molecule has 0 aliphatic heterocycles. The quantitative estimate of drug-likeness (QED) is 0.0465. The van der Waals surface area contributed by atoms with Gasteiger partial charge in [0.15, 0.2) is 0 Å². The Hall–Kier alpha value is -0.480. The molecule has 0 radical (unpaired) electrons. The van der Waals surface area contributed by atoms with Crippen LogP contribution in [0.3, 0.4) is 0 Å². The molecule has 0 aromatic rings. The van der Waals surface area contributed by atoms with Crippen LogP contribution in [0.4, 0.5) is 0 Å². The van der Waals surface area contributed by atoms with Crippen molar-refractivity contribution in [2.45, 2.75) is 187 Å². The molecule has 0 aliphatic carbocycles. The Morgan fingerprint density at radius 2 is 0.492 bits per heavy atom. The SMILES string of the molecule is CCCCCCCCCCCCCCCCCC[N+](C)(C)CC(O)COCCOCCOCCOCCOCCOCCOCCOCCOCCOCCCCCCCCCCCC. The largest absolute Gasteiger partial charge is 0.385 e. The van der Waals surface area contributed by atoms with Crippen molar-refractivity contribution in [3.8, 4) is 0 Å². The number of aliphatic hydroxyl groups excluding tert-OH is 1. The third-order valence-electron chi connectivity index (χ3n) is 11.6. The molecule has 0 saturated heterocycles. The third kappa shape index (κ3) is 57.8. The first-order valence-corrected chi connectivity index (χ1v) is 27.3. The predicted octanol–water partition coefficient (Wildman–Crippen LogP) is 10.8. The molecular formula is C53H110NO11+. The summed E-state index contributed by atoms with van der Waals surface area (Å²) in [5.41, 5.74) is 0. The lowest BCUT2D eigenvalue weighted by molar-refractivity contribution is -0.893. The number of aliphatic hydroxyl groups is 1. The Kier molecular flexibility index (Phi) is 55.7. The van der Waals surface area contributed by atoms with E-state index in [1.807, 2.05) is 0 Å². The Balaban J connectivity index is 3.25. The number of hydrogen-bond donors (Lipinski definition) is 1. The molecule has 0 rings (SSSR count). The zero-order chi connectivity index (χ0) is 47.1. The van der Waals surface area contributed by atoms with Crippen molar-refractivity contribution < 1.29 is 57.0 Å². The highest BCUT2D eigenvalue weighted by atomic mass is 16.6. The van der Waals surface area contributed by atoms with Gasteiger partial charge < -0.3 is 57.0 Å². The van der Waals surface area contributed by atoms with E-state index in [1.165, 1.54) is 161 Å². The summed E-state index contributed by atoms with van der Waals surface area (Å²) in [5.74, 6) is 0. The topological polar surface area (TPSA) is 113 Å². The van der Waals surface area contributed by atoms with Gasteiger partial charge in [0.2, 0.25) is 0 Å². The number of likely N-dealkylation sites (N-methyl/N-ethyl adjacent to an activating group) is 1. The molecule has 0 amide bonds. The normalized spacial score (nSPS) is 12.5. The van der Waals surface area contributed by atoms with Crippen LogP contribution in [0.25, 0.3) is 0 Å². The lowest BCUT2D eigenvalue weighted by Crippen LogP contribution is -2.47. The van der Waals surface area contributed by atoms with E-state index in [-0.39, 0.29) is 0 Å². The summed E-state index contributed by atoms with van der Waals surface area (Å²) >= 11 is 0. The van der Waals surface area contributed by atoms with Gasteiger partial charge in [0.05, 0.1) is 146 Å². The Labute approximate surface area is 402 Å². The Morgan fingerprint density at radius 1 is 0.277 bits per heavy atom. The van der Waals surface area contributed by atoms with Gasteiger partial charge in [0, 0.05) is 6.61 Å². The summed E-state index contributed by atoms with van der Waals surface area (Å²) in [5, 5.41) is 10.5. The zero-order valence-corrected chi connectivity index (χ0v) is 43.5. The van der Waals surface area contributed by atoms with E-state index >= 15 is 0 Å². The average molecular weight is 937 g/mol. The lowest BCUT2D eigenvalue weighted by Gasteiger charge is -2.31. The number of ether oxygens (including phenoxy) is 10. The first-order valence-electron chi connectivity index (χ1n) is 27.3. The van der Waals surface area contributed by atoms with Crippen molar-refractivity contribution in [2.75, 3.05) is 159 Å². The Bertz CT molecular complexity index is 859. The number of hydrogen-bond acceptors (Lipinski definition) is 11. The van der Waals surface area contributed by atoms with E-state index in [9.17, 15) is 5.11 Å². The van der Waals surface area contributed by atoms with Gasteiger partial charge in [-0.1, -0.05) is 162 Å². The predicted molar refractivity (Wildman–Crippen MR) is 267 cm³/mol. The van der Waals surface area contributed by atoms with Crippen LogP contribution >= 0.6 is 0 Å². The maximum atomic E-state index is 10.5. The number of rotatable bonds is 59. The molecule has 1 atom stereocenters. The van der Waals surface area contributed by atoms with Crippen molar-refractivity contribution in [3.05, 3.63) is 0 Å². The second kappa shape index (κ2) is 56.1. The minimum atomic E-state index is -0.466. The Morgan fingerprint density at radius 3 is 0.769 bits per heavy atom. The highest BCUT2D eigenvalue weighted by Gasteiger charge is 2.20. The van der Waals surface area contributed by atoms with Crippen molar-refractivity contribution >= 4 is 0 Å². The molecule has 1 unspecified atom stereocenters. The molecule has 0 aromatic carbocycles. The maximum Gasteiger partial charge on any atom is 0.126 e. The van der Waals surface area contributed by atoms with Crippen LogP contribution in [0, 0.1) is 0 Å². The second-order valence-electron chi connectivity index (χ2n) is 18.6. The standard InChI is InChI=1S/C53H110NO11/c1-5-7-9-11-13-15-17-18-19-20-21-22-23-25-27-29-31-54(3,4)51-53(55)52-65-50-49-64-48-47-63-46-45-62-44-43-61-42-41-60-40-39-59-38-37-58-36-35-57-34-33-56-32-30-28-26-24-16-14-12-10-8-6-2/h53,55H,5-52H2,1-4H3/q+1. The van der Waals surface area contributed by atoms with E-state index in [1.54, 1.807) is 0 Å². The van der Waals surface area contributed by atoms with Gasteiger partial charge in [-0.15, -0.1) is 0 Å². The molecule has 12 nitrogen and oxygen atoms in total. The number of nitrogens with zero attached hydrogens (tertiary/aromatic N) is 1. The van der Waals surface area contributed by atoms with E-state index < -0.39 is 6.10 Å². The number of unbranched alkanes of at least 4 members (excludes halogenated alkanes) is 24. The lowest BCUT2D eigenvalue weighted by atomic mass is 10.0. The molecule has 0 aliphatic rings. The van der Waals surface area contributed by atoms with Crippen LogP contribution in [0.5, 0.6) is 0 Å². The number of quaternary nitrogens is 1. The van der Waals surface area contributed by atoms with E-state index in [4.69, 9.17) is 47.4 Å². The highest BCUT2D eigenvalue weighted by molar-refractivity contribution is 4.55. The smallest absolute Gasteiger partial charge is 0.126 e. The first kappa shape index (κ1) is 64.5. The van der Waals surface area contributed by atoms with Crippen LogP contribution in [-0.4, -0.2) is 175 Å². The van der Waals surface area contributed by atoms with Gasteiger partial charge in [0.25, 0.3) is 0 Å². The van der Waals surface area contributed by atoms with E-state index in [0.29, 0.717) is 132 Å². The molecule has 0 saturated carbocycles. The molecule has 392 valence electrons. The van der Waals surface area contributed by atoms with E-state index in [2.05, 4.69) is 27.9 Å². The van der Waals surface area contributed by atoms with Gasteiger partial charge >= 0.3 is 0 Å². The van der Waals surface area contributed by atoms with Crippen LogP contribution in [-0.2, 0) is 47.4 Å². The fourth-order valence-corrected chi connectivity index (χ4v) is 7.69. The molecule has 0 fully saturated rings. The van der Waals surface area contributed by atoms with Gasteiger partial charge in [-0.25, -0.2) is 0 Å². The van der Waals surface area contributed by atoms with Gasteiger partial charge in [-0.2, -0.15) is 0 Å². The summed E-state index contributed by atoms with van der Waals surface area (Å²) in [6.07, 6.45) is 35.1. The van der Waals surface area contributed by atoms with Crippen molar-refractivity contribution in [2.24, 2.45) is 0 Å². The second-order valence-corrected chi connectivity index (χ2v) is 18.6. The van der Waals surface area contributed by atoms with Crippen molar-refractivity contribution in [1.29, 1.82) is 0 Å². The van der Waals surface area contributed by atoms with Gasteiger partial charge in [0.1, 0.15) is 12.6 Å². The summed E-state index contributed by atoms with van der Waals surface area (Å²) in [4.78, 5) is 0. The fraction of sp³-hybridized carbons (Fsp3) is 1.00. The maximum absolute atomic E-state index is 10.5.